The largest absolute Gasteiger partial charge is 0.439 e. The van der Waals surface area contributed by atoms with Crippen LogP contribution in [-0.4, -0.2) is 10.9 Å². The summed E-state index contributed by atoms with van der Waals surface area (Å²) in [7, 11) is 0. The zero-order valence-corrected chi connectivity index (χ0v) is 11.3. The van der Waals surface area contributed by atoms with E-state index < -0.39 is 5.91 Å². The highest BCUT2D eigenvalue weighted by atomic mass is 16.5. The van der Waals surface area contributed by atoms with Crippen LogP contribution in [0.5, 0.6) is 11.6 Å². The van der Waals surface area contributed by atoms with Gasteiger partial charge in [0.15, 0.2) is 0 Å². The van der Waals surface area contributed by atoms with E-state index >= 15 is 0 Å². The molecule has 102 valence electrons. The average Bonchev–Trinajstić information content (AvgIpc) is 3.19. The predicted molar refractivity (Wildman–Crippen MR) is 75.9 cm³/mol. The lowest BCUT2D eigenvalue weighted by molar-refractivity contribution is 0.1000. The van der Waals surface area contributed by atoms with Crippen molar-refractivity contribution in [1.29, 1.82) is 0 Å². The van der Waals surface area contributed by atoms with Crippen LogP contribution in [0.3, 0.4) is 0 Å². The van der Waals surface area contributed by atoms with Crippen LogP contribution in [0.4, 0.5) is 0 Å². The Kier molecular flexibility index (Phi) is 2.93. The highest BCUT2D eigenvalue weighted by molar-refractivity contribution is 5.92. The Morgan fingerprint density at radius 3 is 2.40 bits per heavy atom. The van der Waals surface area contributed by atoms with Gasteiger partial charge in [-0.15, -0.1) is 0 Å². The topological polar surface area (TPSA) is 65.2 Å². The number of pyridine rings is 1. The van der Waals surface area contributed by atoms with Crippen molar-refractivity contribution in [2.24, 2.45) is 5.73 Å². The highest BCUT2D eigenvalue weighted by Crippen LogP contribution is 2.47. The summed E-state index contributed by atoms with van der Waals surface area (Å²) in [6, 6.07) is 11.3. The van der Waals surface area contributed by atoms with Gasteiger partial charge < -0.3 is 10.5 Å². The number of hydrogen-bond donors (Lipinski definition) is 1. The Bertz CT molecular complexity index is 629. The summed E-state index contributed by atoms with van der Waals surface area (Å²) in [5, 5.41) is 0. The molecule has 1 fully saturated rings. The lowest BCUT2D eigenvalue weighted by atomic mass is 9.99. The van der Waals surface area contributed by atoms with E-state index in [0.717, 1.165) is 5.75 Å². The maximum Gasteiger partial charge on any atom is 0.250 e. The lowest BCUT2D eigenvalue weighted by Crippen LogP contribution is -2.10. The first-order chi connectivity index (χ1) is 9.57. The summed E-state index contributed by atoms with van der Waals surface area (Å²) in [5.41, 5.74) is 7.24. The van der Waals surface area contributed by atoms with Gasteiger partial charge in [-0.05, 0) is 42.0 Å². The molecule has 2 N–H and O–H groups in total. The maximum absolute atomic E-state index is 10.9. The Balaban J connectivity index is 1.72. The van der Waals surface area contributed by atoms with Crippen molar-refractivity contribution < 1.29 is 9.53 Å². The zero-order valence-electron chi connectivity index (χ0n) is 11.3. The molecule has 4 heteroatoms. The van der Waals surface area contributed by atoms with E-state index in [0.29, 0.717) is 16.9 Å². The van der Waals surface area contributed by atoms with Crippen LogP contribution in [0.1, 0.15) is 35.7 Å². The molecule has 1 heterocycles. The molecule has 1 aromatic carbocycles. The molecule has 1 amide bonds. The fourth-order valence-electron chi connectivity index (χ4n) is 2.11. The predicted octanol–water partition coefficient (Wildman–Crippen LogP) is 3.02. The van der Waals surface area contributed by atoms with Gasteiger partial charge in [-0.25, -0.2) is 4.98 Å². The van der Waals surface area contributed by atoms with E-state index in [2.05, 4.69) is 24.0 Å². The Morgan fingerprint density at radius 1 is 1.20 bits per heavy atom. The number of benzene rings is 1. The van der Waals surface area contributed by atoms with Gasteiger partial charge in [0.05, 0.1) is 5.56 Å². The first-order valence-corrected chi connectivity index (χ1v) is 6.61. The number of hydrogen-bond acceptors (Lipinski definition) is 3. The standard InChI is InChI=1S/C16H16N2O2/c1-16(8-9-16)12-3-5-13(6-4-12)20-14-7-2-11(10-18-14)15(17)19/h2-7,10H,8-9H2,1H3,(H2,17,19). The number of ether oxygens (including phenoxy) is 1. The van der Waals surface area contributed by atoms with Crippen molar-refractivity contribution in [3.8, 4) is 11.6 Å². The van der Waals surface area contributed by atoms with Gasteiger partial charge in [0.25, 0.3) is 0 Å². The quantitative estimate of drug-likeness (QED) is 0.926. The van der Waals surface area contributed by atoms with Crippen LogP contribution >= 0.6 is 0 Å². The smallest absolute Gasteiger partial charge is 0.250 e. The van der Waals surface area contributed by atoms with Gasteiger partial charge in [0.1, 0.15) is 5.75 Å². The second-order valence-electron chi connectivity index (χ2n) is 5.44. The SMILES string of the molecule is CC1(c2ccc(Oc3ccc(C(N)=O)cn3)cc2)CC1. The van der Waals surface area contributed by atoms with E-state index in [9.17, 15) is 4.79 Å². The van der Waals surface area contributed by atoms with Crippen LogP contribution in [0, 0.1) is 0 Å². The number of rotatable bonds is 4. The van der Waals surface area contributed by atoms with Crippen molar-refractivity contribution in [1.82, 2.24) is 4.98 Å². The molecular formula is C16H16N2O2. The normalized spacial score (nSPS) is 15.7. The number of carbonyl (C=O) groups is 1. The summed E-state index contributed by atoms with van der Waals surface area (Å²) < 4.78 is 5.64. The number of amides is 1. The monoisotopic (exact) mass is 268 g/mol. The molecule has 0 atom stereocenters. The van der Waals surface area contributed by atoms with E-state index in [4.69, 9.17) is 10.5 Å². The van der Waals surface area contributed by atoms with Gasteiger partial charge in [-0.3, -0.25) is 4.79 Å². The number of primary amides is 1. The third-order valence-corrected chi connectivity index (χ3v) is 3.79. The summed E-state index contributed by atoms with van der Waals surface area (Å²) in [4.78, 5) is 15.0. The molecule has 1 aromatic heterocycles. The number of aromatic nitrogens is 1. The summed E-state index contributed by atoms with van der Waals surface area (Å²) in [6.07, 6.45) is 3.92. The van der Waals surface area contributed by atoms with Crippen LogP contribution in [0.25, 0.3) is 0 Å². The minimum absolute atomic E-state index is 0.361. The van der Waals surface area contributed by atoms with Gasteiger partial charge in [-0.2, -0.15) is 0 Å². The van der Waals surface area contributed by atoms with Crippen LogP contribution in [0.2, 0.25) is 0 Å². The molecule has 4 nitrogen and oxygen atoms in total. The van der Waals surface area contributed by atoms with Crippen molar-refractivity contribution in [3.05, 3.63) is 53.7 Å². The molecule has 0 unspecified atom stereocenters. The Labute approximate surface area is 117 Å². The average molecular weight is 268 g/mol. The first kappa shape index (κ1) is 12.7. The molecule has 1 aliphatic rings. The second kappa shape index (κ2) is 4.63. The minimum atomic E-state index is -0.494. The zero-order chi connectivity index (χ0) is 14.2. The van der Waals surface area contributed by atoms with Crippen LogP contribution in [0.15, 0.2) is 42.6 Å². The molecule has 1 aliphatic carbocycles. The van der Waals surface area contributed by atoms with E-state index in [1.807, 2.05) is 12.1 Å². The van der Waals surface area contributed by atoms with E-state index in [-0.39, 0.29) is 0 Å². The number of nitrogens with zero attached hydrogens (tertiary/aromatic N) is 1. The fraction of sp³-hybridized carbons (Fsp3) is 0.250. The van der Waals surface area contributed by atoms with Gasteiger partial charge in [0.2, 0.25) is 11.8 Å². The fourth-order valence-corrected chi connectivity index (χ4v) is 2.11. The Hall–Kier alpha value is -2.36. The van der Waals surface area contributed by atoms with E-state index in [1.165, 1.54) is 24.6 Å². The summed E-state index contributed by atoms with van der Waals surface area (Å²) >= 11 is 0. The molecule has 0 saturated heterocycles. The molecule has 20 heavy (non-hydrogen) atoms. The highest BCUT2D eigenvalue weighted by Gasteiger charge is 2.38. The van der Waals surface area contributed by atoms with E-state index in [1.54, 1.807) is 12.1 Å². The van der Waals surface area contributed by atoms with Crippen LogP contribution < -0.4 is 10.5 Å². The first-order valence-electron chi connectivity index (χ1n) is 6.61. The Morgan fingerprint density at radius 2 is 1.90 bits per heavy atom. The molecule has 2 aromatic rings. The number of carbonyl (C=O) groups excluding carboxylic acids is 1. The molecular weight excluding hydrogens is 252 g/mol. The van der Waals surface area contributed by atoms with Gasteiger partial charge in [0, 0.05) is 12.3 Å². The molecule has 3 rings (SSSR count). The molecule has 1 saturated carbocycles. The summed E-state index contributed by atoms with van der Waals surface area (Å²) in [5.74, 6) is 0.684. The lowest BCUT2D eigenvalue weighted by Gasteiger charge is -2.10. The van der Waals surface area contributed by atoms with Crippen molar-refractivity contribution in [2.45, 2.75) is 25.2 Å². The maximum atomic E-state index is 10.9. The van der Waals surface area contributed by atoms with Crippen molar-refractivity contribution >= 4 is 5.91 Å². The third-order valence-electron chi connectivity index (χ3n) is 3.79. The van der Waals surface area contributed by atoms with Gasteiger partial charge in [-0.1, -0.05) is 19.1 Å². The molecule has 0 radical (unpaired) electrons. The minimum Gasteiger partial charge on any atom is -0.439 e. The van der Waals surface area contributed by atoms with Crippen molar-refractivity contribution in [2.75, 3.05) is 0 Å². The number of nitrogens with two attached hydrogens (primary N) is 1. The molecule has 0 spiro atoms. The van der Waals surface area contributed by atoms with Gasteiger partial charge >= 0.3 is 0 Å². The second-order valence-corrected chi connectivity index (χ2v) is 5.44. The third kappa shape index (κ3) is 2.50. The van der Waals surface area contributed by atoms with Crippen molar-refractivity contribution in [3.63, 3.8) is 0 Å². The molecule has 0 aliphatic heterocycles. The van der Waals surface area contributed by atoms with Crippen LogP contribution in [-0.2, 0) is 5.41 Å². The molecule has 0 bridgehead atoms. The summed E-state index contributed by atoms with van der Waals surface area (Å²) in [6.45, 7) is 2.27.